The van der Waals surface area contributed by atoms with Crippen molar-refractivity contribution >= 4 is 5.97 Å². The van der Waals surface area contributed by atoms with Gasteiger partial charge < -0.3 is 15.0 Å². The molecule has 3 heteroatoms. The molecule has 0 aromatic heterocycles. The van der Waals surface area contributed by atoms with Crippen LogP contribution in [0.2, 0.25) is 0 Å². The van der Waals surface area contributed by atoms with Gasteiger partial charge >= 0.3 is 0 Å². The Balaban J connectivity index is 0. The second-order valence-electron chi connectivity index (χ2n) is 1.91. The molecule has 3 nitrogen and oxygen atoms in total. The Morgan fingerprint density at radius 1 is 1.44 bits per heavy atom. The minimum atomic E-state index is -1.01. The second kappa shape index (κ2) is 5.56. The summed E-state index contributed by atoms with van der Waals surface area (Å²) in [5, 5.41) is 18.1. The highest BCUT2D eigenvalue weighted by molar-refractivity contribution is 5.63. The van der Waals surface area contributed by atoms with Crippen molar-refractivity contribution in [3.8, 4) is 0 Å². The van der Waals surface area contributed by atoms with Crippen LogP contribution in [0.3, 0.4) is 0 Å². The number of hydrogen-bond acceptors (Lipinski definition) is 3. The fourth-order valence-electron chi connectivity index (χ4n) is 0.558. The minimum Gasteiger partial charge on any atom is -0.550 e. The monoisotopic (exact) mass is 133 g/mol. The predicted octanol–water partition coefficient (Wildman–Crippen LogP) is -0.465. The fraction of sp³-hybridized carbons (Fsp3) is 0.833. The maximum Gasteiger partial charge on any atom is 0.0431 e. The molecule has 0 saturated heterocycles. The Kier molecular flexibility index (Phi) is 5.21. The SMILES string of the molecule is O=C([O-])CCCCCO.[HH]. The van der Waals surface area contributed by atoms with Gasteiger partial charge in [0.2, 0.25) is 0 Å². The van der Waals surface area contributed by atoms with Crippen molar-refractivity contribution in [3.05, 3.63) is 0 Å². The van der Waals surface area contributed by atoms with E-state index in [9.17, 15) is 9.90 Å². The van der Waals surface area contributed by atoms with Crippen LogP contribution in [-0.4, -0.2) is 17.7 Å². The number of hydrogen-bond donors (Lipinski definition) is 1. The number of unbranched alkanes of at least 4 members (excludes halogenated alkanes) is 2. The van der Waals surface area contributed by atoms with Crippen molar-refractivity contribution in [1.29, 1.82) is 0 Å². The van der Waals surface area contributed by atoms with Gasteiger partial charge in [-0.3, -0.25) is 0 Å². The molecular weight excluding hydrogens is 120 g/mol. The molecule has 0 rings (SSSR count). The Labute approximate surface area is 55.8 Å². The van der Waals surface area contributed by atoms with Gasteiger partial charge in [0.15, 0.2) is 0 Å². The first-order valence-electron chi connectivity index (χ1n) is 3.08. The summed E-state index contributed by atoms with van der Waals surface area (Å²) in [6, 6.07) is 0. The number of carboxylic acid groups (broad SMARTS) is 1. The predicted molar refractivity (Wildman–Crippen MR) is 32.7 cm³/mol. The molecule has 0 aromatic rings. The van der Waals surface area contributed by atoms with E-state index < -0.39 is 5.97 Å². The normalized spacial score (nSPS) is 9.44. The van der Waals surface area contributed by atoms with Gasteiger partial charge in [-0.2, -0.15) is 0 Å². The molecule has 0 bridgehead atoms. The van der Waals surface area contributed by atoms with Crippen molar-refractivity contribution in [3.63, 3.8) is 0 Å². The Hall–Kier alpha value is -0.570. The number of carbonyl (C=O) groups is 1. The first-order chi connectivity index (χ1) is 4.27. The molecule has 0 fully saturated rings. The van der Waals surface area contributed by atoms with Gasteiger partial charge in [0, 0.05) is 14.0 Å². The molecule has 0 saturated carbocycles. The van der Waals surface area contributed by atoms with Gasteiger partial charge in [-0.1, -0.05) is 6.42 Å². The van der Waals surface area contributed by atoms with Crippen LogP contribution in [0.15, 0.2) is 0 Å². The molecule has 0 amide bonds. The fourth-order valence-corrected chi connectivity index (χ4v) is 0.558. The highest BCUT2D eigenvalue weighted by Crippen LogP contribution is 1.96. The molecule has 1 N–H and O–H groups in total. The Morgan fingerprint density at radius 3 is 2.56 bits per heavy atom. The quantitative estimate of drug-likeness (QED) is 0.516. The molecule has 56 valence electrons. The van der Waals surface area contributed by atoms with E-state index in [1.54, 1.807) is 0 Å². The van der Waals surface area contributed by atoms with Crippen LogP contribution in [0, 0.1) is 0 Å². The lowest BCUT2D eigenvalue weighted by molar-refractivity contribution is -0.305. The maximum absolute atomic E-state index is 9.79. The van der Waals surface area contributed by atoms with Gasteiger partial charge in [0.25, 0.3) is 0 Å². The molecule has 9 heavy (non-hydrogen) atoms. The van der Waals surface area contributed by atoms with Crippen molar-refractivity contribution in [2.24, 2.45) is 0 Å². The lowest BCUT2D eigenvalue weighted by Gasteiger charge is -1.98. The van der Waals surface area contributed by atoms with Gasteiger partial charge in [0.05, 0.1) is 0 Å². The smallest absolute Gasteiger partial charge is 0.0431 e. The number of aliphatic hydroxyl groups is 1. The first-order valence-corrected chi connectivity index (χ1v) is 3.08. The van der Waals surface area contributed by atoms with Gasteiger partial charge in [-0.05, 0) is 19.3 Å². The van der Waals surface area contributed by atoms with Gasteiger partial charge in [0.1, 0.15) is 0 Å². The summed E-state index contributed by atoms with van der Waals surface area (Å²) in [6.45, 7) is 0.146. The third kappa shape index (κ3) is 7.43. The highest BCUT2D eigenvalue weighted by atomic mass is 16.4. The largest absolute Gasteiger partial charge is 0.550 e. The number of rotatable bonds is 5. The van der Waals surface area contributed by atoms with Crippen LogP contribution in [-0.2, 0) is 4.79 Å². The third-order valence-electron chi connectivity index (χ3n) is 1.04. The summed E-state index contributed by atoms with van der Waals surface area (Å²) in [7, 11) is 0. The van der Waals surface area contributed by atoms with E-state index in [0.717, 1.165) is 6.42 Å². The summed E-state index contributed by atoms with van der Waals surface area (Å²) in [5.74, 6) is -1.01. The highest BCUT2D eigenvalue weighted by Gasteiger charge is 1.87. The molecule has 0 aliphatic rings. The van der Waals surface area contributed by atoms with Crippen LogP contribution in [0.5, 0.6) is 0 Å². The van der Waals surface area contributed by atoms with Crippen LogP contribution >= 0.6 is 0 Å². The zero-order valence-electron chi connectivity index (χ0n) is 5.30. The molecule has 0 spiro atoms. The van der Waals surface area contributed by atoms with Crippen molar-refractivity contribution in [2.45, 2.75) is 25.7 Å². The number of carbonyl (C=O) groups excluding carboxylic acids is 1. The van der Waals surface area contributed by atoms with E-state index in [1.807, 2.05) is 0 Å². The average molecular weight is 133 g/mol. The Bertz CT molecular complexity index is 85.1. The molecule has 0 unspecified atom stereocenters. The minimum absolute atomic E-state index is 0. The molecule has 0 aliphatic carbocycles. The lowest BCUT2D eigenvalue weighted by Crippen LogP contribution is -2.21. The summed E-state index contributed by atoms with van der Waals surface area (Å²) < 4.78 is 0. The van der Waals surface area contributed by atoms with E-state index in [-0.39, 0.29) is 14.5 Å². The number of aliphatic hydroxyl groups excluding tert-OH is 1. The topological polar surface area (TPSA) is 60.4 Å². The third-order valence-corrected chi connectivity index (χ3v) is 1.04. The molecule has 0 atom stereocenters. The van der Waals surface area contributed by atoms with Crippen LogP contribution < -0.4 is 5.11 Å². The second-order valence-corrected chi connectivity index (χ2v) is 1.91. The summed E-state index contributed by atoms with van der Waals surface area (Å²) in [5.41, 5.74) is 0. The van der Waals surface area contributed by atoms with Crippen molar-refractivity contribution < 1.29 is 16.4 Å². The standard InChI is InChI=1S/C6H12O3.H2/c7-5-3-1-2-4-6(8)9;/h7H,1-5H2,(H,8,9);1H/p-1. The van der Waals surface area contributed by atoms with Crippen molar-refractivity contribution in [2.75, 3.05) is 6.61 Å². The van der Waals surface area contributed by atoms with E-state index in [1.165, 1.54) is 0 Å². The zero-order chi connectivity index (χ0) is 7.11. The summed E-state index contributed by atoms with van der Waals surface area (Å²) >= 11 is 0. The van der Waals surface area contributed by atoms with Crippen LogP contribution in [0.4, 0.5) is 0 Å². The molecule has 0 aromatic carbocycles. The summed E-state index contributed by atoms with van der Waals surface area (Å²) in [4.78, 5) is 9.79. The first kappa shape index (κ1) is 8.43. The zero-order valence-corrected chi connectivity index (χ0v) is 5.30. The van der Waals surface area contributed by atoms with Gasteiger partial charge in [-0.15, -0.1) is 0 Å². The molecular formula is C6H13O3-. The maximum atomic E-state index is 9.79. The Morgan fingerprint density at radius 2 is 2.11 bits per heavy atom. The van der Waals surface area contributed by atoms with E-state index >= 15 is 0 Å². The lowest BCUT2D eigenvalue weighted by atomic mass is 10.2. The van der Waals surface area contributed by atoms with Crippen LogP contribution in [0.1, 0.15) is 27.1 Å². The van der Waals surface area contributed by atoms with E-state index in [2.05, 4.69) is 0 Å². The van der Waals surface area contributed by atoms with Crippen molar-refractivity contribution in [1.82, 2.24) is 0 Å². The average Bonchev–Trinajstić information content (AvgIpc) is 1.80. The molecule has 0 heterocycles. The number of carboxylic acids is 1. The molecule has 0 radical (unpaired) electrons. The number of aliphatic carboxylic acids is 1. The van der Waals surface area contributed by atoms with Gasteiger partial charge in [-0.25, -0.2) is 0 Å². The molecule has 0 aliphatic heterocycles. The van der Waals surface area contributed by atoms with E-state index in [0.29, 0.717) is 12.8 Å². The van der Waals surface area contributed by atoms with E-state index in [4.69, 9.17) is 5.11 Å². The van der Waals surface area contributed by atoms with Crippen LogP contribution in [0.25, 0.3) is 0 Å². The summed E-state index contributed by atoms with van der Waals surface area (Å²) in [6.07, 6.45) is 2.18.